The van der Waals surface area contributed by atoms with E-state index in [1.54, 1.807) is 6.20 Å². The second kappa shape index (κ2) is 4.96. The van der Waals surface area contributed by atoms with Gasteiger partial charge in [0.05, 0.1) is 11.6 Å². The normalized spacial score (nSPS) is 23.7. The molecule has 0 aromatic carbocycles. The van der Waals surface area contributed by atoms with E-state index < -0.39 is 0 Å². The van der Waals surface area contributed by atoms with E-state index in [-0.39, 0.29) is 5.28 Å². The lowest BCUT2D eigenvalue weighted by atomic mass is 9.87. The summed E-state index contributed by atoms with van der Waals surface area (Å²) < 4.78 is 0. The lowest BCUT2D eigenvalue weighted by Gasteiger charge is -2.34. The zero-order chi connectivity index (χ0) is 13.4. The van der Waals surface area contributed by atoms with E-state index in [4.69, 9.17) is 11.6 Å². The average Bonchev–Trinajstić information content (AvgIpc) is 2.85. The first-order valence-electron chi connectivity index (χ1n) is 6.74. The molecule has 0 atom stereocenters. The minimum absolute atomic E-state index is 0.266. The first-order chi connectivity index (χ1) is 9.15. The molecule has 2 aromatic heterocycles. The number of nitrogens with zero attached hydrogens (tertiary/aromatic N) is 4. The van der Waals surface area contributed by atoms with Crippen LogP contribution in [0, 0.1) is 5.92 Å². The minimum Gasteiger partial charge on any atom is -0.356 e. The van der Waals surface area contributed by atoms with Crippen LogP contribution in [0.25, 0.3) is 11.0 Å². The topological polar surface area (TPSA) is 57.7 Å². The Morgan fingerprint density at radius 2 is 2.00 bits per heavy atom. The minimum atomic E-state index is 0.266. The van der Waals surface area contributed by atoms with Gasteiger partial charge in [0.25, 0.3) is 0 Å². The molecule has 1 aliphatic rings. The van der Waals surface area contributed by atoms with Crippen LogP contribution in [-0.2, 0) is 0 Å². The third kappa shape index (κ3) is 2.39. The van der Waals surface area contributed by atoms with Crippen molar-refractivity contribution in [3.8, 4) is 0 Å². The maximum absolute atomic E-state index is 5.99. The molecule has 0 radical (unpaired) electrons. The van der Waals surface area contributed by atoms with Gasteiger partial charge in [-0.3, -0.25) is 5.10 Å². The number of halogens is 1. The van der Waals surface area contributed by atoms with Crippen molar-refractivity contribution in [2.45, 2.75) is 38.6 Å². The molecule has 5 nitrogen and oxygen atoms in total. The molecule has 1 N–H and O–H groups in total. The molecular formula is C13H18ClN5. The van der Waals surface area contributed by atoms with E-state index in [0.717, 1.165) is 17.1 Å². The number of nitrogens with one attached hydrogen (secondary N) is 1. The molecule has 0 unspecified atom stereocenters. The van der Waals surface area contributed by atoms with E-state index >= 15 is 0 Å². The molecule has 0 amide bonds. The number of hydrogen-bond donors (Lipinski definition) is 1. The summed E-state index contributed by atoms with van der Waals surface area (Å²) in [4.78, 5) is 10.8. The summed E-state index contributed by atoms with van der Waals surface area (Å²) in [6.45, 7) is 2.33. The maximum atomic E-state index is 5.99. The van der Waals surface area contributed by atoms with Crippen molar-refractivity contribution in [3.63, 3.8) is 0 Å². The number of aromatic nitrogens is 4. The molecule has 19 heavy (non-hydrogen) atoms. The summed E-state index contributed by atoms with van der Waals surface area (Å²) in [5.74, 6) is 1.72. The van der Waals surface area contributed by atoms with Crippen LogP contribution in [-0.4, -0.2) is 33.3 Å². The van der Waals surface area contributed by atoms with Crippen LogP contribution in [0.15, 0.2) is 6.20 Å². The highest BCUT2D eigenvalue weighted by Crippen LogP contribution is 2.31. The van der Waals surface area contributed by atoms with E-state index in [2.05, 4.69) is 39.0 Å². The van der Waals surface area contributed by atoms with E-state index in [1.165, 1.54) is 25.7 Å². The SMILES string of the molecule is CC1CCC(N(C)c2nc(Cl)nc3[nH]ncc23)CC1. The summed E-state index contributed by atoms with van der Waals surface area (Å²) in [6.07, 6.45) is 6.74. The Hall–Kier alpha value is -1.36. The quantitative estimate of drug-likeness (QED) is 0.859. The Morgan fingerprint density at radius 1 is 1.26 bits per heavy atom. The molecule has 0 bridgehead atoms. The van der Waals surface area contributed by atoms with Gasteiger partial charge in [-0.1, -0.05) is 6.92 Å². The molecule has 2 heterocycles. The standard InChI is InChI=1S/C13H18ClN5/c1-8-3-5-9(6-4-8)19(2)12-10-7-15-18-11(10)16-13(14)17-12/h7-9H,3-6H2,1-2H3,(H,15,16,17,18). The predicted molar refractivity (Wildman–Crippen MR) is 76.5 cm³/mol. The van der Waals surface area contributed by atoms with Gasteiger partial charge >= 0.3 is 0 Å². The lowest BCUT2D eigenvalue weighted by molar-refractivity contribution is 0.340. The first-order valence-corrected chi connectivity index (χ1v) is 7.12. The fraction of sp³-hybridized carbons (Fsp3) is 0.615. The number of rotatable bonds is 2. The van der Waals surface area contributed by atoms with Crippen LogP contribution in [0.1, 0.15) is 32.6 Å². The Kier molecular flexibility index (Phi) is 3.31. The molecule has 102 valence electrons. The van der Waals surface area contributed by atoms with Gasteiger partial charge in [-0.25, -0.2) is 0 Å². The Morgan fingerprint density at radius 3 is 2.74 bits per heavy atom. The Balaban J connectivity index is 1.92. The Bertz CT molecular complexity index is 573. The van der Waals surface area contributed by atoms with Gasteiger partial charge in [-0.05, 0) is 43.2 Å². The predicted octanol–water partition coefficient (Wildman–Crippen LogP) is 3.02. The molecule has 0 aliphatic heterocycles. The van der Waals surface area contributed by atoms with Crippen LogP contribution in [0.5, 0.6) is 0 Å². The van der Waals surface area contributed by atoms with Crippen molar-refractivity contribution in [1.29, 1.82) is 0 Å². The summed E-state index contributed by atoms with van der Waals surface area (Å²) in [7, 11) is 2.09. The molecule has 0 saturated heterocycles. The van der Waals surface area contributed by atoms with Crippen molar-refractivity contribution < 1.29 is 0 Å². The van der Waals surface area contributed by atoms with Crippen LogP contribution in [0.4, 0.5) is 5.82 Å². The van der Waals surface area contributed by atoms with Gasteiger partial charge in [0, 0.05) is 13.1 Å². The molecule has 3 rings (SSSR count). The van der Waals surface area contributed by atoms with Crippen molar-refractivity contribution >= 4 is 28.5 Å². The fourth-order valence-corrected chi connectivity index (χ4v) is 3.03. The summed E-state index contributed by atoms with van der Waals surface area (Å²) in [5, 5.41) is 8.09. The van der Waals surface area contributed by atoms with Crippen molar-refractivity contribution in [3.05, 3.63) is 11.5 Å². The van der Waals surface area contributed by atoms with Gasteiger partial charge in [0.2, 0.25) is 5.28 Å². The molecule has 6 heteroatoms. The van der Waals surface area contributed by atoms with Gasteiger partial charge in [-0.15, -0.1) is 0 Å². The molecule has 1 aliphatic carbocycles. The number of H-pyrrole nitrogens is 1. The summed E-state index contributed by atoms with van der Waals surface area (Å²) in [5.41, 5.74) is 0.700. The number of hydrogen-bond acceptors (Lipinski definition) is 4. The van der Waals surface area contributed by atoms with Crippen molar-refractivity contribution in [2.75, 3.05) is 11.9 Å². The number of anilines is 1. The molecule has 1 saturated carbocycles. The highest BCUT2D eigenvalue weighted by atomic mass is 35.5. The summed E-state index contributed by atoms with van der Waals surface area (Å²) in [6, 6.07) is 0.528. The fourth-order valence-electron chi connectivity index (χ4n) is 2.86. The van der Waals surface area contributed by atoms with E-state index in [9.17, 15) is 0 Å². The van der Waals surface area contributed by atoms with Gasteiger partial charge in [-0.2, -0.15) is 15.1 Å². The van der Waals surface area contributed by atoms with Crippen molar-refractivity contribution in [1.82, 2.24) is 20.2 Å². The van der Waals surface area contributed by atoms with Crippen LogP contribution in [0.2, 0.25) is 5.28 Å². The highest BCUT2D eigenvalue weighted by Gasteiger charge is 2.24. The second-order valence-corrected chi connectivity index (χ2v) is 5.81. The first kappa shape index (κ1) is 12.7. The smallest absolute Gasteiger partial charge is 0.226 e. The largest absolute Gasteiger partial charge is 0.356 e. The average molecular weight is 280 g/mol. The Labute approximate surface area is 117 Å². The molecule has 1 fully saturated rings. The number of fused-ring (bicyclic) bond motifs is 1. The lowest BCUT2D eigenvalue weighted by Crippen LogP contribution is -2.35. The van der Waals surface area contributed by atoms with Crippen LogP contribution < -0.4 is 4.90 Å². The van der Waals surface area contributed by atoms with Crippen LogP contribution in [0.3, 0.4) is 0 Å². The van der Waals surface area contributed by atoms with Gasteiger partial charge in [0.1, 0.15) is 5.82 Å². The van der Waals surface area contributed by atoms with Crippen LogP contribution >= 0.6 is 11.6 Å². The third-order valence-corrected chi connectivity index (χ3v) is 4.30. The second-order valence-electron chi connectivity index (χ2n) is 5.47. The molecular weight excluding hydrogens is 262 g/mol. The zero-order valence-corrected chi connectivity index (χ0v) is 12.0. The maximum Gasteiger partial charge on any atom is 0.226 e. The van der Waals surface area contributed by atoms with E-state index in [1.807, 2.05) is 0 Å². The number of aromatic amines is 1. The van der Waals surface area contributed by atoms with E-state index in [0.29, 0.717) is 11.7 Å². The monoisotopic (exact) mass is 279 g/mol. The molecule has 0 spiro atoms. The van der Waals surface area contributed by atoms with Crippen molar-refractivity contribution in [2.24, 2.45) is 5.92 Å². The zero-order valence-electron chi connectivity index (χ0n) is 11.2. The van der Waals surface area contributed by atoms with Gasteiger partial charge < -0.3 is 4.90 Å². The highest BCUT2D eigenvalue weighted by molar-refractivity contribution is 6.28. The summed E-state index contributed by atoms with van der Waals surface area (Å²) >= 11 is 5.99. The van der Waals surface area contributed by atoms with Gasteiger partial charge in [0.15, 0.2) is 5.65 Å². The third-order valence-electron chi connectivity index (χ3n) is 4.13. The molecule has 2 aromatic rings.